The highest BCUT2D eigenvalue weighted by molar-refractivity contribution is 6.44. The van der Waals surface area contributed by atoms with Gasteiger partial charge in [-0.25, -0.2) is 0 Å². The van der Waals surface area contributed by atoms with Gasteiger partial charge in [-0.2, -0.15) is 0 Å². The molecule has 0 aromatic carbocycles. The molecule has 0 aromatic heterocycles. The van der Waals surface area contributed by atoms with Gasteiger partial charge < -0.3 is 18.6 Å². The first-order valence-corrected chi connectivity index (χ1v) is 7.01. The first-order chi connectivity index (χ1) is 8.44. The molecule has 0 aromatic rings. The van der Waals surface area contributed by atoms with Crippen LogP contribution in [0.25, 0.3) is 0 Å². The van der Waals surface area contributed by atoms with Crippen LogP contribution >= 0.6 is 0 Å². The number of hydrogen-bond donors (Lipinski definition) is 0. The lowest BCUT2D eigenvalue weighted by Crippen LogP contribution is -2.46. The van der Waals surface area contributed by atoms with Crippen molar-refractivity contribution in [2.24, 2.45) is 5.92 Å². The van der Waals surface area contributed by atoms with Crippen molar-refractivity contribution in [1.82, 2.24) is 0 Å². The lowest BCUT2D eigenvalue weighted by Gasteiger charge is -2.38. The molecule has 2 heterocycles. The summed E-state index contributed by atoms with van der Waals surface area (Å²) in [5.74, 6) is 0.466. The Morgan fingerprint density at radius 1 is 1.22 bits per heavy atom. The second-order valence-electron chi connectivity index (χ2n) is 6.14. The van der Waals surface area contributed by atoms with E-state index in [0.29, 0.717) is 5.92 Å². The molecule has 0 aliphatic carbocycles. The number of hydrogen-bond acceptors (Lipinski definition) is 4. The molecule has 4 nitrogen and oxygen atoms in total. The molecule has 6 heteroatoms. The minimum absolute atomic E-state index is 0.0533. The van der Waals surface area contributed by atoms with Crippen LogP contribution in [0.1, 0.15) is 33.6 Å². The van der Waals surface area contributed by atoms with Crippen molar-refractivity contribution in [3.05, 3.63) is 0 Å². The summed E-state index contributed by atoms with van der Waals surface area (Å²) in [6.07, 6.45) is 3.17. The Morgan fingerprint density at radius 2 is 1.89 bits per heavy atom. The smallest absolute Gasteiger partial charge is 0.411 e. The maximum Gasteiger partial charge on any atom is 0.457 e. The molecule has 2 fully saturated rings. The minimum Gasteiger partial charge on any atom is -0.411 e. The van der Waals surface area contributed by atoms with Gasteiger partial charge in [0.15, 0.2) is 0 Å². The average molecular weight is 254 g/mol. The third kappa shape index (κ3) is 4.26. The maximum absolute atomic E-state index is 5.95. The summed E-state index contributed by atoms with van der Waals surface area (Å²) in [6, 6.07) is 0. The molecular weight excluding hydrogens is 230 g/mol. The van der Waals surface area contributed by atoms with Gasteiger partial charge in [-0.1, -0.05) is 0 Å². The SMILES string of the molecule is CB1OCC(CCB2OC(C)CC(C)(C)O2)CO1. The fourth-order valence-corrected chi connectivity index (χ4v) is 2.74. The van der Waals surface area contributed by atoms with Crippen molar-refractivity contribution in [3.63, 3.8) is 0 Å². The standard InChI is InChI=1S/C12H24B2O4/c1-10-7-12(2,3)18-14(17-10)6-5-11-8-15-13(4)16-9-11/h10-11H,5-9H2,1-4H3. The zero-order valence-electron chi connectivity index (χ0n) is 12.0. The summed E-state index contributed by atoms with van der Waals surface area (Å²) in [5.41, 5.74) is -0.0730. The normalized spacial score (nSPS) is 29.7. The molecule has 0 spiro atoms. The van der Waals surface area contributed by atoms with Crippen LogP contribution in [0, 0.1) is 5.92 Å². The van der Waals surface area contributed by atoms with E-state index in [-0.39, 0.29) is 25.9 Å². The third-order valence-electron chi connectivity index (χ3n) is 3.56. The first kappa shape index (κ1) is 14.4. The van der Waals surface area contributed by atoms with E-state index >= 15 is 0 Å². The van der Waals surface area contributed by atoms with E-state index < -0.39 is 0 Å². The lowest BCUT2D eigenvalue weighted by molar-refractivity contribution is -0.0298. The Labute approximate surface area is 111 Å². The van der Waals surface area contributed by atoms with E-state index in [9.17, 15) is 0 Å². The van der Waals surface area contributed by atoms with E-state index in [1.807, 2.05) is 6.82 Å². The molecule has 0 radical (unpaired) electrons. The lowest BCUT2D eigenvalue weighted by atomic mass is 9.75. The van der Waals surface area contributed by atoms with Crippen LogP contribution in [0.4, 0.5) is 0 Å². The topological polar surface area (TPSA) is 36.9 Å². The van der Waals surface area contributed by atoms with Crippen LogP contribution in [0.3, 0.4) is 0 Å². The van der Waals surface area contributed by atoms with Gasteiger partial charge in [-0.3, -0.25) is 0 Å². The quantitative estimate of drug-likeness (QED) is 0.723. The largest absolute Gasteiger partial charge is 0.457 e. The van der Waals surface area contributed by atoms with Crippen molar-refractivity contribution < 1.29 is 18.6 Å². The van der Waals surface area contributed by atoms with Gasteiger partial charge >= 0.3 is 14.2 Å². The first-order valence-electron chi connectivity index (χ1n) is 7.01. The molecule has 2 saturated heterocycles. The molecule has 2 aliphatic rings. The van der Waals surface area contributed by atoms with Crippen LogP contribution in [-0.2, 0) is 18.6 Å². The minimum atomic E-state index is -0.0805. The third-order valence-corrected chi connectivity index (χ3v) is 3.56. The Balaban J connectivity index is 1.73. The van der Waals surface area contributed by atoms with Crippen molar-refractivity contribution >= 4 is 14.2 Å². The fraction of sp³-hybridized carbons (Fsp3) is 1.00. The fourth-order valence-electron chi connectivity index (χ4n) is 2.74. The van der Waals surface area contributed by atoms with E-state index in [1.54, 1.807) is 0 Å². The monoisotopic (exact) mass is 254 g/mol. The van der Waals surface area contributed by atoms with Crippen molar-refractivity contribution in [3.8, 4) is 0 Å². The second-order valence-corrected chi connectivity index (χ2v) is 6.14. The van der Waals surface area contributed by atoms with E-state index in [2.05, 4.69) is 20.8 Å². The van der Waals surface area contributed by atoms with E-state index in [1.165, 1.54) is 0 Å². The molecular formula is C12H24B2O4. The zero-order valence-corrected chi connectivity index (χ0v) is 12.0. The summed E-state index contributed by atoms with van der Waals surface area (Å²) >= 11 is 0. The van der Waals surface area contributed by atoms with Crippen LogP contribution in [-0.4, -0.2) is 39.2 Å². The Morgan fingerprint density at radius 3 is 2.50 bits per heavy atom. The molecule has 1 atom stereocenters. The highest BCUT2D eigenvalue weighted by atomic mass is 16.6. The van der Waals surface area contributed by atoms with Gasteiger partial charge in [-0.15, -0.1) is 0 Å². The van der Waals surface area contributed by atoms with Gasteiger partial charge in [0.1, 0.15) is 0 Å². The van der Waals surface area contributed by atoms with Gasteiger partial charge in [0.2, 0.25) is 0 Å². The van der Waals surface area contributed by atoms with Crippen LogP contribution in [0.15, 0.2) is 0 Å². The van der Waals surface area contributed by atoms with Crippen LogP contribution < -0.4 is 0 Å². The molecule has 1 unspecified atom stereocenters. The van der Waals surface area contributed by atoms with Crippen molar-refractivity contribution in [1.29, 1.82) is 0 Å². The highest BCUT2D eigenvalue weighted by Crippen LogP contribution is 2.28. The number of rotatable bonds is 3. The van der Waals surface area contributed by atoms with Gasteiger partial charge in [0.25, 0.3) is 0 Å². The second kappa shape index (κ2) is 5.95. The molecule has 102 valence electrons. The van der Waals surface area contributed by atoms with Gasteiger partial charge in [-0.05, 0) is 46.8 Å². The average Bonchev–Trinajstić information content (AvgIpc) is 2.25. The molecule has 2 rings (SSSR count). The summed E-state index contributed by atoms with van der Waals surface area (Å²) in [4.78, 5) is 0. The molecule has 0 bridgehead atoms. The summed E-state index contributed by atoms with van der Waals surface area (Å²) in [6.45, 7) is 9.89. The maximum atomic E-state index is 5.95. The van der Waals surface area contributed by atoms with Crippen molar-refractivity contribution in [2.45, 2.75) is 58.5 Å². The molecule has 0 saturated carbocycles. The summed E-state index contributed by atoms with van der Waals surface area (Å²) in [5, 5.41) is 0. The Kier molecular flexibility index (Phi) is 4.75. The molecule has 18 heavy (non-hydrogen) atoms. The Hall–Kier alpha value is -0.0301. The summed E-state index contributed by atoms with van der Waals surface area (Å²) < 4.78 is 22.8. The van der Waals surface area contributed by atoms with E-state index in [4.69, 9.17) is 18.6 Å². The predicted octanol–water partition coefficient (Wildman–Crippen LogP) is 2.25. The molecule has 0 amide bonds. The highest BCUT2D eigenvalue weighted by Gasteiger charge is 2.37. The van der Waals surface area contributed by atoms with E-state index in [0.717, 1.165) is 32.4 Å². The van der Waals surface area contributed by atoms with Crippen LogP contribution in [0.2, 0.25) is 13.1 Å². The predicted molar refractivity (Wildman–Crippen MR) is 72.5 cm³/mol. The van der Waals surface area contributed by atoms with Gasteiger partial charge in [0, 0.05) is 25.2 Å². The summed E-state index contributed by atoms with van der Waals surface area (Å²) in [7, 11) is -0.134. The zero-order chi connectivity index (χ0) is 13.2. The van der Waals surface area contributed by atoms with Crippen molar-refractivity contribution in [2.75, 3.05) is 13.2 Å². The van der Waals surface area contributed by atoms with Crippen LogP contribution in [0.5, 0.6) is 0 Å². The molecule has 0 N–H and O–H groups in total. The molecule has 2 aliphatic heterocycles. The van der Waals surface area contributed by atoms with Gasteiger partial charge in [0.05, 0.1) is 5.60 Å². The Bertz CT molecular complexity index is 267.